The molecule has 8 heteroatoms. The van der Waals surface area contributed by atoms with Crippen LogP contribution in [-0.4, -0.2) is 57.1 Å². The fourth-order valence-corrected chi connectivity index (χ4v) is 4.14. The highest BCUT2D eigenvalue weighted by Gasteiger charge is 2.27. The predicted molar refractivity (Wildman–Crippen MR) is 96.9 cm³/mol. The monoisotopic (exact) mass is 373 g/mol. The van der Waals surface area contributed by atoms with Crippen molar-refractivity contribution in [2.45, 2.75) is 13.8 Å². The molecule has 0 spiro atoms. The van der Waals surface area contributed by atoms with Crippen molar-refractivity contribution >= 4 is 33.2 Å². The molecular weight excluding hydrogens is 350 g/mol. The van der Waals surface area contributed by atoms with Crippen LogP contribution in [0.2, 0.25) is 5.02 Å². The Kier molecular flexibility index (Phi) is 6.48. The van der Waals surface area contributed by atoms with Gasteiger partial charge in [0.25, 0.3) is 0 Å². The minimum atomic E-state index is -3.36. The van der Waals surface area contributed by atoms with Gasteiger partial charge in [-0.1, -0.05) is 37.6 Å². The van der Waals surface area contributed by atoms with E-state index in [1.807, 2.05) is 24.3 Å². The van der Waals surface area contributed by atoms with Crippen molar-refractivity contribution in [1.29, 1.82) is 0 Å². The number of para-hydroxylation sites is 1. The topological polar surface area (TPSA) is 69.7 Å². The van der Waals surface area contributed by atoms with Crippen LogP contribution < -0.4 is 10.2 Å². The van der Waals surface area contributed by atoms with E-state index in [1.54, 1.807) is 13.8 Å². The van der Waals surface area contributed by atoms with E-state index in [-0.39, 0.29) is 24.1 Å². The fourth-order valence-electron chi connectivity index (χ4n) is 2.55. The highest BCUT2D eigenvalue weighted by molar-refractivity contribution is 7.89. The first-order valence-electron chi connectivity index (χ1n) is 8.06. The summed E-state index contributed by atoms with van der Waals surface area (Å²) in [7, 11) is -3.36. The minimum absolute atomic E-state index is 0.0719. The number of carbonyl (C=O) groups excluding carboxylic acids is 1. The number of halogens is 1. The van der Waals surface area contributed by atoms with Gasteiger partial charge in [-0.25, -0.2) is 8.42 Å². The molecule has 1 heterocycles. The van der Waals surface area contributed by atoms with Crippen LogP contribution in [0.3, 0.4) is 0 Å². The highest BCUT2D eigenvalue weighted by atomic mass is 35.5. The molecule has 2 rings (SSSR count). The third-order valence-electron chi connectivity index (χ3n) is 4.01. The van der Waals surface area contributed by atoms with Gasteiger partial charge < -0.3 is 10.2 Å². The number of amides is 1. The Bertz CT molecular complexity index is 671. The molecule has 1 fully saturated rings. The summed E-state index contributed by atoms with van der Waals surface area (Å²) in [5.41, 5.74) is 0.931. The van der Waals surface area contributed by atoms with E-state index >= 15 is 0 Å². The van der Waals surface area contributed by atoms with Gasteiger partial charge in [0.2, 0.25) is 15.9 Å². The van der Waals surface area contributed by atoms with Crippen molar-refractivity contribution in [3.63, 3.8) is 0 Å². The molecule has 0 radical (unpaired) electrons. The standard InChI is InChI=1S/C16H24ClN3O3S/c1-13(2)16(21)18-7-12-24(22,23)20-10-8-19(9-11-20)15-6-4-3-5-14(15)17/h3-6,13H,7-12H2,1-2H3,(H,18,21). The van der Waals surface area contributed by atoms with Gasteiger partial charge >= 0.3 is 0 Å². The molecule has 1 N–H and O–H groups in total. The lowest BCUT2D eigenvalue weighted by molar-refractivity contribution is -0.123. The molecule has 24 heavy (non-hydrogen) atoms. The summed E-state index contributed by atoms with van der Waals surface area (Å²) in [6.45, 7) is 5.74. The lowest BCUT2D eigenvalue weighted by Crippen LogP contribution is -2.50. The summed E-state index contributed by atoms with van der Waals surface area (Å²) in [5.74, 6) is -0.349. The van der Waals surface area contributed by atoms with Gasteiger partial charge in [-0.3, -0.25) is 4.79 Å². The summed E-state index contributed by atoms with van der Waals surface area (Å²) in [4.78, 5) is 13.6. The van der Waals surface area contributed by atoms with Crippen molar-refractivity contribution in [2.75, 3.05) is 43.4 Å². The van der Waals surface area contributed by atoms with Crippen molar-refractivity contribution in [3.05, 3.63) is 29.3 Å². The van der Waals surface area contributed by atoms with Gasteiger partial charge in [0.1, 0.15) is 0 Å². The highest BCUT2D eigenvalue weighted by Crippen LogP contribution is 2.26. The second-order valence-electron chi connectivity index (χ2n) is 6.10. The van der Waals surface area contributed by atoms with Gasteiger partial charge in [0.15, 0.2) is 0 Å². The third kappa shape index (κ3) is 4.84. The Hall–Kier alpha value is -1.31. The molecule has 1 aliphatic rings. The molecule has 1 amide bonds. The number of piperazine rings is 1. The van der Waals surface area contributed by atoms with Crippen LogP contribution in [0.25, 0.3) is 0 Å². The van der Waals surface area contributed by atoms with Gasteiger partial charge in [-0.05, 0) is 12.1 Å². The number of hydrogen-bond donors (Lipinski definition) is 1. The number of benzene rings is 1. The molecule has 1 aromatic rings. The number of nitrogens with one attached hydrogen (secondary N) is 1. The minimum Gasteiger partial charge on any atom is -0.368 e. The maximum atomic E-state index is 12.4. The second-order valence-corrected chi connectivity index (χ2v) is 8.59. The SMILES string of the molecule is CC(C)C(=O)NCCS(=O)(=O)N1CCN(c2ccccc2Cl)CC1. The molecule has 0 aromatic heterocycles. The molecule has 1 aliphatic heterocycles. The Labute approximate surface area is 148 Å². The zero-order chi connectivity index (χ0) is 17.7. The fraction of sp³-hybridized carbons (Fsp3) is 0.562. The first kappa shape index (κ1) is 19.0. The average Bonchev–Trinajstić information content (AvgIpc) is 2.55. The molecular formula is C16H24ClN3O3S. The van der Waals surface area contributed by atoms with E-state index in [2.05, 4.69) is 10.2 Å². The van der Waals surface area contributed by atoms with Crippen LogP contribution in [0.1, 0.15) is 13.8 Å². The van der Waals surface area contributed by atoms with Crippen LogP contribution in [0.5, 0.6) is 0 Å². The van der Waals surface area contributed by atoms with Crippen LogP contribution in [0.4, 0.5) is 5.69 Å². The van der Waals surface area contributed by atoms with Crippen LogP contribution >= 0.6 is 11.6 Å². The maximum absolute atomic E-state index is 12.4. The molecule has 1 aromatic carbocycles. The zero-order valence-electron chi connectivity index (χ0n) is 14.0. The second kappa shape index (κ2) is 8.18. The summed E-state index contributed by atoms with van der Waals surface area (Å²) in [6.07, 6.45) is 0. The van der Waals surface area contributed by atoms with Crippen LogP contribution in [0, 0.1) is 5.92 Å². The van der Waals surface area contributed by atoms with Gasteiger partial charge in [0.05, 0.1) is 16.5 Å². The van der Waals surface area contributed by atoms with Gasteiger partial charge in [0, 0.05) is 38.6 Å². The van der Waals surface area contributed by atoms with Crippen LogP contribution in [0.15, 0.2) is 24.3 Å². The van der Waals surface area contributed by atoms with Gasteiger partial charge in [-0.2, -0.15) is 4.31 Å². The van der Waals surface area contributed by atoms with Crippen molar-refractivity contribution in [1.82, 2.24) is 9.62 Å². The Balaban J connectivity index is 1.87. The molecule has 0 saturated carbocycles. The summed E-state index contributed by atoms with van der Waals surface area (Å²) >= 11 is 6.19. The number of anilines is 1. The molecule has 0 unspecified atom stereocenters. The summed E-state index contributed by atoms with van der Waals surface area (Å²) < 4.78 is 26.2. The Morgan fingerprint density at radius 2 is 1.83 bits per heavy atom. The zero-order valence-corrected chi connectivity index (χ0v) is 15.6. The van der Waals surface area contributed by atoms with Crippen molar-refractivity contribution < 1.29 is 13.2 Å². The van der Waals surface area contributed by atoms with Crippen molar-refractivity contribution in [2.24, 2.45) is 5.92 Å². The molecule has 0 bridgehead atoms. The largest absolute Gasteiger partial charge is 0.368 e. The van der Waals surface area contributed by atoms with Crippen LogP contribution in [-0.2, 0) is 14.8 Å². The molecule has 134 valence electrons. The normalized spacial score (nSPS) is 16.4. The van der Waals surface area contributed by atoms with Gasteiger partial charge in [-0.15, -0.1) is 0 Å². The Morgan fingerprint density at radius 3 is 2.42 bits per heavy atom. The average molecular weight is 374 g/mol. The third-order valence-corrected chi connectivity index (χ3v) is 6.20. The first-order valence-corrected chi connectivity index (χ1v) is 10.0. The quantitative estimate of drug-likeness (QED) is 0.821. The molecule has 0 atom stereocenters. The lowest BCUT2D eigenvalue weighted by Gasteiger charge is -2.35. The van der Waals surface area contributed by atoms with E-state index in [1.165, 1.54) is 4.31 Å². The van der Waals surface area contributed by atoms with Crippen molar-refractivity contribution in [3.8, 4) is 0 Å². The summed E-state index contributed by atoms with van der Waals surface area (Å²) in [6, 6.07) is 7.56. The Morgan fingerprint density at radius 1 is 1.21 bits per heavy atom. The number of rotatable bonds is 6. The van der Waals surface area contributed by atoms with E-state index in [0.717, 1.165) is 5.69 Å². The van der Waals surface area contributed by atoms with E-state index in [0.29, 0.717) is 31.2 Å². The first-order chi connectivity index (χ1) is 11.3. The van der Waals surface area contributed by atoms with E-state index in [9.17, 15) is 13.2 Å². The summed E-state index contributed by atoms with van der Waals surface area (Å²) in [5, 5.41) is 3.32. The van der Waals surface area contributed by atoms with E-state index < -0.39 is 10.0 Å². The number of carbonyl (C=O) groups is 1. The number of sulfonamides is 1. The smallest absolute Gasteiger partial charge is 0.222 e. The lowest BCUT2D eigenvalue weighted by atomic mass is 10.2. The maximum Gasteiger partial charge on any atom is 0.222 e. The molecule has 1 saturated heterocycles. The molecule has 0 aliphatic carbocycles. The number of nitrogens with zero attached hydrogens (tertiary/aromatic N) is 2. The number of hydrogen-bond acceptors (Lipinski definition) is 4. The van der Waals surface area contributed by atoms with E-state index in [4.69, 9.17) is 11.6 Å². The molecule has 6 nitrogen and oxygen atoms in total. The predicted octanol–water partition coefficient (Wildman–Crippen LogP) is 1.56.